The normalized spacial score (nSPS) is 17.3. The topological polar surface area (TPSA) is 93.5 Å². The molecule has 0 spiro atoms. The van der Waals surface area contributed by atoms with E-state index >= 15 is 0 Å². The number of ether oxygens (including phenoxy) is 1. The number of alkyl carbamates (subject to hydrolysis) is 1. The van der Waals surface area contributed by atoms with E-state index in [0.717, 1.165) is 22.3 Å². The van der Waals surface area contributed by atoms with E-state index in [9.17, 15) is 10.1 Å². The molecule has 2 aromatic carbocycles. The predicted molar refractivity (Wildman–Crippen MR) is 151 cm³/mol. The second-order valence-electron chi connectivity index (χ2n) is 11.0. The fourth-order valence-corrected chi connectivity index (χ4v) is 5.03. The molecule has 0 atom stereocenters. The van der Waals surface area contributed by atoms with Gasteiger partial charge < -0.3 is 19.4 Å². The highest BCUT2D eigenvalue weighted by Crippen LogP contribution is 2.44. The summed E-state index contributed by atoms with van der Waals surface area (Å²) in [6.45, 7) is 10.2. The standard InChI is InChI=1S/C31H32BN3O4/c1-20-14-21(17-34-28(20)16-33)15-22(32-38-30(2,3)31(4,5)39-32)18-35-29(36)37-19-27-25-12-8-6-10-23(25)24-11-7-9-13-26(24)27/h6-15,17,27H,18-19H2,1-5H3,(H,35,36). The van der Waals surface area contributed by atoms with Gasteiger partial charge in [0.25, 0.3) is 0 Å². The fraction of sp³-hybridized carbons (Fsp3) is 0.323. The van der Waals surface area contributed by atoms with Crippen LogP contribution in [-0.4, -0.2) is 42.5 Å². The van der Waals surface area contributed by atoms with Gasteiger partial charge in [0.15, 0.2) is 0 Å². The molecule has 0 bridgehead atoms. The Balaban J connectivity index is 1.31. The Bertz CT molecular complexity index is 1430. The van der Waals surface area contributed by atoms with Crippen LogP contribution in [0.4, 0.5) is 4.79 Å². The molecule has 5 rings (SSSR count). The van der Waals surface area contributed by atoms with Crippen molar-refractivity contribution in [2.75, 3.05) is 13.2 Å². The zero-order valence-electron chi connectivity index (χ0n) is 22.9. The van der Waals surface area contributed by atoms with Crippen molar-refractivity contribution >= 4 is 19.3 Å². The third-order valence-electron chi connectivity index (χ3n) is 7.89. The SMILES string of the molecule is Cc1cc(C=C(CNC(=O)OCC2c3ccccc3-c3ccccc32)B2OC(C)(C)C(C)(C)O2)cnc1C#N. The van der Waals surface area contributed by atoms with Gasteiger partial charge in [-0.1, -0.05) is 54.6 Å². The third-order valence-corrected chi connectivity index (χ3v) is 7.89. The molecule has 1 aliphatic carbocycles. The van der Waals surface area contributed by atoms with Crippen LogP contribution in [0, 0.1) is 18.3 Å². The minimum Gasteiger partial charge on any atom is -0.449 e. The molecule has 0 saturated carbocycles. The van der Waals surface area contributed by atoms with Gasteiger partial charge in [0.05, 0.1) is 11.2 Å². The number of aryl methyl sites for hydroxylation is 1. The van der Waals surface area contributed by atoms with Crippen molar-refractivity contribution in [2.24, 2.45) is 0 Å². The van der Waals surface area contributed by atoms with Crippen LogP contribution in [0.2, 0.25) is 0 Å². The number of nitriles is 1. The van der Waals surface area contributed by atoms with Crippen LogP contribution >= 0.6 is 0 Å². The van der Waals surface area contributed by atoms with Gasteiger partial charge in [-0.15, -0.1) is 0 Å². The molecule has 198 valence electrons. The first-order valence-corrected chi connectivity index (χ1v) is 13.1. The van der Waals surface area contributed by atoms with Crippen LogP contribution in [0.5, 0.6) is 0 Å². The van der Waals surface area contributed by atoms with Gasteiger partial charge in [-0.05, 0) is 79.5 Å². The maximum atomic E-state index is 12.9. The smallest absolute Gasteiger partial charge is 0.449 e. The maximum absolute atomic E-state index is 12.9. The van der Waals surface area contributed by atoms with Crippen LogP contribution in [-0.2, 0) is 14.0 Å². The molecule has 8 heteroatoms. The number of amides is 1. The molecule has 1 saturated heterocycles. The summed E-state index contributed by atoms with van der Waals surface area (Å²) in [5.74, 6) is -0.0195. The lowest BCUT2D eigenvalue weighted by atomic mass is 9.77. The quantitative estimate of drug-likeness (QED) is 0.411. The van der Waals surface area contributed by atoms with Crippen molar-refractivity contribution in [3.05, 3.63) is 94.2 Å². The molecular weight excluding hydrogens is 489 g/mol. The molecule has 1 aliphatic heterocycles. The van der Waals surface area contributed by atoms with E-state index in [1.807, 2.05) is 71.0 Å². The second kappa shape index (κ2) is 10.3. The third kappa shape index (κ3) is 5.20. The van der Waals surface area contributed by atoms with E-state index in [1.54, 1.807) is 6.20 Å². The molecule has 7 nitrogen and oxygen atoms in total. The highest BCUT2D eigenvalue weighted by molar-refractivity contribution is 6.56. The van der Waals surface area contributed by atoms with Crippen LogP contribution in [0.25, 0.3) is 17.2 Å². The summed E-state index contributed by atoms with van der Waals surface area (Å²) in [7, 11) is -0.667. The second-order valence-corrected chi connectivity index (χ2v) is 11.0. The average Bonchev–Trinajstić information content (AvgIpc) is 3.34. The highest BCUT2D eigenvalue weighted by atomic mass is 16.7. The maximum Gasteiger partial charge on any atom is 0.492 e. The summed E-state index contributed by atoms with van der Waals surface area (Å²) >= 11 is 0. The van der Waals surface area contributed by atoms with Crippen molar-refractivity contribution in [2.45, 2.75) is 51.7 Å². The van der Waals surface area contributed by atoms with E-state index < -0.39 is 24.4 Å². The Morgan fingerprint density at radius 1 is 1.08 bits per heavy atom. The van der Waals surface area contributed by atoms with Crippen LogP contribution < -0.4 is 5.32 Å². The number of nitrogens with one attached hydrogen (secondary N) is 1. The number of carbonyl (C=O) groups excluding carboxylic acids is 1. The van der Waals surface area contributed by atoms with E-state index in [-0.39, 0.29) is 19.1 Å². The molecule has 2 aliphatic rings. The molecule has 1 N–H and O–H groups in total. The number of aromatic nitrogens is 1. The van der Waals surface area contributed by atoms with Gasteiger partial charge >= 0.3 is 13.2 Å². The van der Waals surface area contributed by atoms with Crippen molar-refractivity contribution in [3.8, 4) is 17.2 Å². The number of hydrogen-bond donors (Lipinski definition) is 1. The molecule has 1 fully saturated rings. The molecule has 0 radical (unpaired) electrons. The molecular formula is C31H32BN3O4. The predicted octanol–water partition coefficient (Wildman–Crippen LogP) is 5.82. The van der Waals surface area contributed by atoms with Crippen molar-refractivity contribution < 1.29 is 18.8 Å². The Labute approximate surface area is 230 Å². The van der Waals surface area contributed by atoms with Gasteiger partial charge in [-0.25, -0.2) is 9.78 Å². The number of hydrogen-bond acceptors (Lipinski definition) is 6. The number of fused-ring (bicyclic) bond motifs is 3. The van der Waals surface area contributed by atoms with Crippen molar-refractivity contribution in [3.63, 3.8) is 0 Å². The number of rotatable bonds is 6. The van der Waals surface area contributed by atoms with Gasteiger partial charge in [0.2, 0.25) is 0 Å². The van der Waals surface area contributed by atoms with Crippen LogP contribution in [0.1, 0.15) is 61.6 Å². The minimum atomic E-state index is -0.667. The minimum absolute atomic E-state index is 0.0195. The van der Waals surface area contributed by atoms with Gasteiger partial charge in [-0.3, -0.25) is 0 Å². The van der Waals surface area contributed by atoms with Gasteiger partial charge in [0.1, 0.15) is 18.4 Å². The summed E-state index contributed by atoms with van der Waals surface area (Å²) in [6, 6.07) is 20.4. The summed E-state index contributed by atoms with van der Waals surface area (Å²) in [4.78, 5) is 17.1. The fourth-order valence-electron chi connectivity index (χ4n) is 5.03. The first-order valence-electron chi connectivity index (χ1n) is 13.1. The average molecular weight is 521 g/mol. The molecule has 0 unspecified atom stereocenters. The Morgan fingerprint density at radius 3 is 2.23 bits per heavy atom. The van der Waals surface area contributed by atoms with E-state index in [0.29, 0.717) is 11.2 Å². The summed E-state index contributed by atoms with van der Waals surface area (Å²) in [5, 5.41) is 12.1. The molecule has 1 amide bonds. The molecule has 3 aromatic rings. The molecule has 2 heterocycles. The van der Waals surface area contributed by atoms with Gasteiger partial charge in [-0.2, -0.15) is 5.26 Å². The number of nitrogens with zero attached hydrogens (tertiary/aromatic N) is 2. The largest absolute Gasteiger partial charge is 0.492 e. The lowest BCUT2D eigenvalue weighted by molar-refractivity contribution is 0.00578. The number of benzene rings is 2. The van der Waals surface area contributed by atoms with E-state index in [2.05, 4.69) is 40.6 Å². The zero-order valence-corrected chi connectivity index (χ0v) is 22.9. The summed E-state index contributed by atoms with van der Waals surface area (Å²) in [5.41, 5.74) is 6.24. The molecule has 39 heavy (non-hydrogen) atoms. The van der Waals surface area contributed by atoms with Crippen LogP contribution in [0.15, 0.2) is 66.3 Å². The number of pyridine rings is 1. The monoisotopic (exact) mass is 521 g/mol. The van der Waals surface area contributed by atoms with Crippen molar-refractivity contribution in [1.82, 2.24) is 10.3 Å². The first kappa shape index (κ1) is 26.7. The van der Waals surface area contributed by atoms with E-state index in [4.69, 9.17) is 14.0 Å². The Hall–Kier alpha value is -3.93. The first-order chi connectivity index (χ1) is 18.6. The van der Waals surface area contributed by atoms with Crippen molar-refractivity contribution in [1.29, 1.82) is 5.26 Å². The summed E-state index contributed by atoms with van der Waals surface area (Å²) < 4.78 is 18.3. The summed E-state index contributed by atoms with van der Waals surface area (Å²) in [6.07, 6.45) is 2.99. The highest BCUT2D eigenvalue weighted by Gasteiger charge is 2.52. The number of carbonyl (C=O) groups is 1. The van der Waals surface area contributed by atoms with Crippen LogP contribution in [0.3, 0.4) is 0 Å². The van der Waals surface area contributed by atoms with E-state index in [1.165, 1.54) is 11.1 Å². The lowest BCUT2D eigenvalue weighted by Gasteiger charge is -2.32. The lowest BCUT2D eigenvalue weighted by Crippen LogP contribution is -2.41. The Kier molecular flexibility index (Phi) is 7.06. The Morgan fingerprint density at radius 2 is 1.67 bits per heavy atom. The zero-order chi connectivity index (χ0) is 27.8. The molecule has 1 aromatic heterocycles. The van der Waals surface area contributed by atoms with Gasteiger partial charge in [0, 0.05) is 18.7 Å².